The number of nitrogens with one attached hydrogen (secondary N) is 1. The van der Waals surface area contributed by atoms with Crippen LogP contribution >= 0.6 is 23.6 Å². The van der Waals surface area contributed by atoms with Crippen molar-refractivity contribution in [2.75, 3.05) is 7.11 Å². The first-order chi connectivity index (χ1) is 7.61. The average Bonchev–Trinajstić information content (AvgIpc) is 2.63. The number of hydrogen-bond donors (Lipinski definition) is 1. The molecule has 0 atom stereocenters. The zero-order chi connectivity index (χ0) is 11.7. The maximum absolute atomic E-state index is 5.45. The quantitative estimate of drug-likeness (QED) is 0.813. The number of thiazole rings is 1. The molecule has 2 rings (SSSR count). The second kappa shape index (κ2) is 4.39. The molecule has 0 aliphatic carbocycles. The molecule has 0 aliphatic rings. The van der Waals surface area contributed by atoms with Crippen LogP contribution in [0.3, 0.4) is 0 Å². The molecule has 84 valence electrons. The fourth-order valence-corrected chi connectivity index (χ4v) is 2.67. The van der Waals surface area contributed by atoms with Gasteiger partial charge in [-0.25, -0.2) is 0 Å². The first-order valence-corrected chi connectivity index (χ1v) is 6.24. The number of aromatic nitrogens is 1. The maximum atomic E-state index is 5.45. The molecule has 0 saturated carbocycles. The molecule has 0 unspecified atom stereocenters. The third kappa shape index (κ3) is 2.03. The Morgan fingerprint density at radius 2 is 2.06 bits per heavy atom. The highest BCUT2D eigenvalue weighted by Crippen LogP contribution is 2.33. The van der Waals surface area contributed by atoms with Gasteiger partial charge in [0.1, 0.15) is 5.75 Å². The van der Waals surface area contributed by atoms with Crippen molar-refractivity contribution < 1.29 is 4.74 Å². The Hall–Kier alpha value is -1.13. The number of benzene rings is 1. The van der Waals surface area contributed by atoms with Crippen LogP contribution in [0.4, 0.5) is 0 Å². The number of aromatic amines is 1. The molecule has 16 heavy (non-hydrogen) atoms. The summed E-state index contributed by atoms with van der Waals surface area (Å²) < 4.78 is 6.23. The summed E-state index contributed by atoms with van der Waals surface area (Å²) in [6, 6.07) is 4.22. The molecule has 0 bridgehead atoms. The topological polar surface area (TPSA) is 25.0 Å². The monoisotopic (exact) mass is 251 g/mol. The van der Waals surface area contributed by atoms with Crippen molar-refractivity contribution in [3.05, 3.63) is 32.6 Å². The lowest BCUT2D eigenvalue weighted by Crippen LogP contribution is -1.92. The van der Waals surface area contributed by atoms with E-state index in [1.807, 2.05) is 5.38 Å². The van der Waals surface area contributed by atoms with E-state index >= 15 is 0 Å². The number of ether oxygens (including phenoxy) is 1. The Kier molecular flexibility index (Phi) is 3.12. The molecule has 1 aromatic heterocycles. The minimum Gasteiger partial charge on any atom is -0.496 e. The van der Waals surface area contributed by atoms with Gasteiger partial charge >= 0.3 is 0 Å². The fraction of sp³-hybridized carbons (Fsp3) is 0.250. The molecular weight excluding hydrogens is 238 g/mol. The minimum atomic E-state index is 0.788. The fourth-order valence-electron chi connectivity index (χ4n) is 1.84. The van der Waals surface area contributed by atoms with Crippen molar-refractivity contribution in [2.24, 2.45) is 0 Å². The summed E-state index contributed by atoms with van der Waals surface area (Å²) in [7, 11) is 1.70. The summed E-state index contributed by atoms with van der Waals surface area (Å²) >= 11 is 6.63. The average molecular weight is 251 g/mol. The van der Waals surface area contributed by atoms with Gasteiger partial charge < -0.3 is 9.72 Å². The third-order valence-electron chi connectivity index (χ3n) is 2.43. The van der Waals surface area contributed by atoms with Crippen LogP contribution in [0.2, 0.25) is 0 Å². The van der Waals surface area contributed by atoms with Gasteiger partial charge in [0, 0.05) is 10.9 Å². The second-order valence-electron chi connectivity index (χ2n) is 3.72. The lowest BCUT2D eigenvalue weighted by atomic mass is 10.0. The van der Waals surface area contributed by atoms with E-state index in [2.05, 4.69) is 31.0 Å². The summed E-state index contributed by atoms with van der Waals surface area (Å²) in [5.41, 5.74) is 4.47. The lowest BCUT2D eigenvalue weighted by Gasteiger charge is -2.11. The predicted molar refractivity (Wildman–Crippen MR) is 71.0 cm³/mol. The number of hydrogen-bond acceptors (Lipinski definition) is 3. The molecule has 0 radical (unpaired) electrons. The van der Waals surface area contributed by atoms with E-state index in [0.717, 1.165) is 26.5 Å². The van der Waals surface area contributed by atoms with Crippen molar-refractivity contribution >= 4 is 23.6 Å². The molecule has 0 saturated heterocycles. The number of methoxy groups -OCH3 is 1. The summed E-state index contributed by atoms with van der Waals surface area (Å²) in [4.78, 5) is 3.17. The summed E-state index contributed by atoms with van der Waals surface area (Å²) in [6.45, 7) is 4.13. The van der Waals surface area contributed by atoms with Crippen LogP contribution in [0.25, 0.3) is 11.3 Å². The standard InChI is InChI=1S/C12H13NOS2/c1-7-4-8(2)11(14-3)9(5-7)10-6-16-12(15)13-10/h4-6H,1-3H3,(H,13,15). The van der Waals surface area contributed by atoms with Gasteiger partial charge in [-0.3, -0.25) is 0 Å². The van der Waals surface area contributed by atoms with E-state index in [1.165, 1.54) is 16.9 Å². The van der Waals surface area contributed by atoms with Crippen LogP contribution in [0, 0.1) is 17.8 Å². The maximum Gasteiger partial charge on any atom is 0.158 e. The molecule has 0 aliphatic heterocycles. The predicted octanol–water partition coefficient (Wildman–Crippen LogP) is 4.10. The summed E-state index contributed by atoms with van der Waals surface area (Å²) in [5, 5.41) is 2.03. The summed E-state index contributed by atoms with van der Waals surface area (Å²) in [6.07, 6.45) is 0. The molecule has 0 amide bonds. The van der Waals surface area contributed by atoms with E-state index < -0.39 is 0 Å². The first kappa shape index (κ1) is 11.4. The molecule has 0 fully saturated rings. The van der Waals surface area contributed by atoms with Crippen LogP contribution in [0.1, 0.15) is 11.1 Å². The highest BCUT2D eigenvalue weighted by molar-refractivity contribution is 7.73. The van der Waals surface area contributed by atoms with Crippen molar-refractivity contribution in [1.29, 1.82) is 0 Å². The number of H-pyrrole nitrogens is 1. The molecule has 1 aromatic carbocycles. The van der Waals surface area contributed by atoms with E-state index in [0.29, 0.717) is 0 Å². The van der Waals surface area contributed by atoms with Crippen molar-refractivity contribution in [2.45, 2.75) is 13.8 Å². The highest BCUT2D eigenvalue weighted by Gasteiger charge is 2.10. The van der Waals surface area contributed by atoms with Crippen LogP contribution in [-0.2, 0) is 0 Å². The smallest absolute Gasteiger partial charge is 0.158 e. The molecule has 2 nitrogen and oxygen atoms in total. The van der Waals surface area contributed by atoms with Crippen LogP contribution in [-0.4, -0.2) is 12.1 Å². The molecule has 0 spiro atoms. The molecular formula is C12H13NOS2. The van der Waals surface area contributed by atoms with Gasteiger partial charge in [0.25, 0.3) is 0 Å². The normalized spacial score (nSPS) is 10.4. The zero-order valence-electron chi connectivity index (χ0n) is 9.46. The Morgan fingerprint density at radius 1 is 1.31 bits per heavy atom. The third-order valence-corrected chi connectivity index (χ3v) is 3.49. The van der Waals surface area contributed by atoms with Gasteiger partial charge in [-0.05, 0) is 43.3 Å². The molecule has 2 aromatic rings. The first-order valence-electron chi connectivity index (χ1n) is 4.95. The van der Waals surface area contributed by atoms with Gasteiger partial charge in [-0.2, -0.15) is 0 Å². The van der Waals surface area contributed by atoms with Crippen molar-refractivity contribution in [3.8, 4) is 17.0 Å². The van der Waals surface area contributed by atoms with Gasteiger partial charge in [0.2, 0.25) is 0 Å². The Morgan fingerprint density at radius 3 is 2.62 bits per heavy atom. The zero-order valence-corrected chi connectivity index (χ0v) is 11.1. The molecule has 1 N–H and O–H groups in total. The van der Waals surface area contributed by atoms with E-state index in [4.69, 9.17) is 17.0 Å². The van der Waals surface area contributed by atoms with Gasteiger partial charge in [-0.1, -0.05) is 6.07 Å². The van der Waals surface area contributed by atoms with Crippen LogP contribution in [0.5, 0.6) is 5.75 Å². The van der Waals surface area contributed by atoms with Crippen LogP contribution < -0.4 is 4.74 Å². The Labute approximate surface area is 104 Å². The van der Waals surface area contributed by atoms with Gasteiger partial charge in [-0.15, -0.1) is 11.3 Å². The number of rotatable bonds is 2. The van der Waals surface area contributed by atoms with Gasteiger partial charge in [0.05, 0.1) is 12.8 Å². The van der Waals surface area contributed by atoms with Gasteiger partial charge in [0.15, 0.2) is 3.95 Å². The second-order valence-corrected chi connectivity index (χ2v) is 5.27. The number of aryl methyl sites for hydroxylation is 2. The highest BCUT2D eigenvalue weighted by atomic mass is 32.1. The van der Waals surface area contributed by atoms with E-state index in [9.17, 15) is 0 Å². The van der Waals surface area contributed by atoms with Crippen LogP contribution in [0.15, 0.2) is 17.5 Å². The van der Waals surface area contributed by atoms with Crippen molar-refractivity contribution in [1.82, 2.24) is 4.98 Å². The Bertz CT molecular complexity index is 569. The SMILES string of the molecule is COc1c(C)cc(C)cc1-c1csc(=S)[nH]1. The largest absolute Gasteiger partial charge is 0.496 e. The molecule has 4 heteroatoms. The Balaban J connectivity index is 2.67. The van der Waals surface area contributed by atoms with Crippen molar-refractivity contribution in [3.63, 3.8) is 0 Å². The summed E-state index contributed by atoms with van der Waals surface area (Å²) in [5.74, 6) is 0.912. The molecule has 1 heterocycles. The minimum absolute atomic E-state index is 0.788. The lowest BCUT2D eigenvalue weighted by molar-refractivity contribution is 0.413. The van der Waals surface area contributed by atoms with E-state index in [-0.39, 0.29) is 0 Å². The van der Waals surface area contributed by atoms with E-state index in [1.54, 1.807) is 7.11 Å².